The molecule has 0 spiro atoms. The first-order valence-electron chi connectivity index (χ1n) is 7.16. The number of rotatable bonds is 4. The Hall–Kier alpha value is -1.61. The maximum atomic E-state index is 4.02. The van der Waals surface area contributed by atoms with Crippen molar-refractivity contribution in [1.29, 1.82) is 0 Å². The van der Waals surface area contributed by atoms with Gasteiger partial charge in [-0.15, -0.1) is 0 Å². The van der Waals surface area contributed by atoms with Gasteiger partial charge in [0.15, 0.2) is 0 Å². The van der Waals surface area contributed by atoms with Gasteiger partial charge in [-0.2, -0.15) is 5.10 Å². The lowest BCUT2D eigenvalue weighted by molar-refractivity contribution is 0.242. The van der Waals surface area contributed by atoms with Crippen LogP contribution in [0, 0.1) is 0 Å². The Labute approximate surface area is 114 Å². The molecule has 0 atom stereocenters. The summed E-state index contributed by atoms with van der Waals surface area (Å²) in [4.78, 5) is 2.49. The molecule has 2 heterocycles. The van der Waals surface area contributed by atoms with Gasteiger partial charge in [0, 0.05) is 31.5 Å². The van der Waals surface area contributed by atoms with E-state index in [-0.39, 0.29) is 0 Å². The fourth-order valence-corrected chi connectivity index (χ4v) is 2.86. The zero-order valence-electron chi connectivity index (χ0n) is 11.5. The summed E-state index contributed by atoms with van der Waals surface area (Å²) in [5, 5.41) is 7.07. The number of nitrogens with zero attached hydrogens (tertiary/aromatic N) is 2. The lowest BCUT2D eigenvalue weighted by atomic mass is 9.96. The molecule has 0 bridgehead atoms. The Morgan fingerprint density at radius 2 is 2.21 bits per heavy atom. The summed E-state index contributed by atoms with van der Waals surface area (Å²) in [5.41, 5.74) is 5.72. The van der Waals surface area contributed by atoms with Crippen molar-refractivity contribution in [2.24, 2.45) is 0 Å². The van der Waals surface area contributed by atoms with Gasteiger partial charge in [0.2, 0.25) is 0 Å². The number of aryl methyl sites for hydroxylation is 1. The summed E-state index contributed by atoms with van der Waals surface area (Å²) in [6.07, 6.45) is 5.40. The van der Waals surface area contributed by atoms with Crippen LogP contribution in [-0.4, -0.2) is 21.6 Å². The molecule has 1 N–H and O–H groups in total. The van der Waals surface area contributed by atoms with E-state index in [4.69, 9.17) is 0 Å². The van der Waals surface area contributed by atoms with E-state index in [0.717, 1.165) is 26.1 Å². The van der Waals surface area contributed by atoms with Gasteiger partial charge in [-0.05, 0) is 35.6 Å². The SMILES string of the molecule is CCCc1ccc2c(c1)CN(Cc1ccn[nH]1)CC2. The molecule has 0 amide bonds. The van der Waals surface area contributed by atoms with E-state index in [1.807, 2.05) is 6.20 Å². The Bertz CT molecular complexity index is 531. The van der Waals surface area contributed by atoms with Crippen molar-refractivity contribution in [3.63, 3.8) is 0 Å². The first-order valence-corrected chi connectivity index (χ1v) is 7.16. The third kappa shape index (κ3) is 2.87. The van der Waals surface area contributed by atoms with Gasteiger partial charge in [0.1, 0.15) is 0 Å². The molecule has 0 unspecified atom stereocenters. The molecule has 0 saturated heterocycles. The highest BCUT2D eigenvalue weighted by Gasteiger charge is 2.16. The molecule has 19 heavy (non-hydrogen) atoms. The summed E-state index contributed by atoms with van der Waals surface area (Å²) >= 11 is 0. The maximum absolute atomic E-state index is 4.02. The van der Waals surface area contributed by atoms with Crippen LogP contribution >= 0.6 is 0 Å². The Morgan fingerprint density at radius 3 is 3.00 bits per heavy atom. The predicted molar refractivity (Wildman–Crippen MR) is 76.8 cm³/mol. The van der Waals surface area contributed by atoms with Crippen LogP contribution < -0.4 is 0 Å². The number of nitrogens with one attached hydrogen (secondary N) is 1. The largest absolute Gasteiger partial charge is 0.293 e. The quantitative estimate of drug-likeness (QED) is 0.911. The summed E-state index contributed by atoms with van der Waals surface area (Å²) < 4.78 is 0. The third-order valence-corrected chi connectivity index (χ3v) is 3.85. The monoisotopic (exact) mass is 255 g/mol. The fraction of sp³-hybridized carbons (Fsp3) is 0.438. The van der Waals surface area contributed by atoms with Crippen molar-refractivity contribution in [3.8, 4) is 0 Å². The average molecular weight is 255 g/mol. The molecule has 100 valence electrons. The smallest absolute Gasteiger partial charge is 0.0492 e. The number of H-pyrrole nitrogens is 1. The van der Waals surface area contributed by atoms with Crippen LogP contribution in [-0.2, 0) is 25.9 Å². The van der Waals surface area contributed by atoms with Gasteiger partial charge in [0.25, 0.3) is 0 Å². The lowest BCUT2D eigenvalue weighted by Crippen LogP contribution is -2.30. The van der Waals surface area contributed by atoms with Crippen molar-refractivity contribution >= 4 is 0 Å². The van der Waals surface area contributed by atoms with E-state index in [0.29, 0.717) is 0 Å². The van der Waals surface area contributed by atoms with Gasteiger partial charge >= 0.3 is 0 Å². The first kappa shape index (κ1) is 12.4. The lowest BCUT2D eigenvalue weighted by Gasteiger charge is -2.28. The van der Waals surface area contributed by atoms with Crippen LogP contribution in [0.2, 0.25) is 0 Å². The molecule has 3 heteroatoms. The Morgan fingerprint density at radius 1 is 1.26 bits per heavy atom. The van der Waals surface area contributed by atoms with Crippen LogP contribution in [0.1, 0.15) is 35.7 Å². The van der Waals surface area contributed by atoms with Crippen LogP contribution in [0.4, 0.5) is 0 Å². The molecule has 0 saturated carbocycles. The summed E-state index contributed by atoms with van der Waals surface area (Å²) in [5.74, 6) is 0. The standard InChI is InChI=1S/C16H21N3/c1-2-3-13-4-5-14-7-9-19(11-15(14)10-13)12-16-6-8-17-18-16/h4-6,8,10H,2-3,7,9,11-12H2,1H3,(H,17,18). The molecule has 0 fully saturated rings. The highest BCUT2D eigenvalue weighted by Crippen LogP contribution is 2.22. The average Bonchev–Trinajstić information content (AvgIpc) is 2.92. The van der Waals surface area contributed by atoms with Crippen LogP contribution in [0.15, 0.2) is 30.5 Å². The van der Waals surface area contributed by atoms with Gasteiger partial charge in [-0.3, -0.25) is 10.00 Å². The van der Waals surface area contributed by atoms with Crippen LogP contribution in [0.3, 0.4) is 0 Å². The summed E-state index contributed by atoms with van der Waals surface area (Å²) in [6.45, 7) is 5.41. The van der Waals surface area contributed by atoms with Gasteiger partial charge in [-0.1, -0.05) is 31.5 Å². The molecular formula is C16H21N3. The number of aromatic nitrogens is 2. The van der Waals surface area contributed by atoms with Gasteiger partial charge in [0.05, 0.1) is 0 Å². The molecule has 0 radical (unpaired) electrons. The zero-order valence-corrected chi connectivity index (χ0v) is 11.5. The zero-order chi connectivity index (χ0) is 13.1. The van der Waals surface area contributed by atoms with E-state index < -0.39 is 0 Å². The van der Waals surface area contributed by atoms with E-state index >= 15 is 0 Å². The minimum atomic E-state index is 0.970. The molecule has 1 aliphatic rings. The number of aromatic amines is 1. The van der Waals surface area contributed by atoms with Gasteiger partial charge in [-0.25, -0.2) is 0 Å². The maximum Gasteiger partial charge on any atom is 0.0492 e. The fourth-order valence-electron chi connectivity index (χ4n) is 2.86. The highest BCUT2D eigenvalue weighted by molar-refractivity contribution is 5.34. The van der Waals surface area contributed by atoms with E-state index in [1.165, 1.54) is 35.2 Å². The van der Waals surface area contributed by atoms with Crippen molar-refractivity contribution in [3.05, 3.63) is 52.8 Å². The van der Waals surface area contributed by atoms with E-state index in [2.05, 4.69) is 46.3 Å². The normalized spacial score (nSPS) is 15.4. The molecule has 3 rings (SSSR count). The second-order valence-corrected chi connectivity index (χ2v) is 5.40. The number of hydrogen-bond donors (Lipinski definition) is 1. The molecule has 3 nitrogen and oxygen atoms in total. The van der Waals surface area contributed by atoms with E-state index in [9.17, 15) is 0 Å². The minimum absolute atomic E-state index is 0.970. The molecule has 1 aliphatic heterocycles. The summed E-state index contributed by atoms with van der Waals surface area (Å²) in [6, 6.07) is 9.09. The molecule has 1 aromatic carbocycles. The van der Waals surface area contributed by atoms with Crippen molar-refractivity contribution in [2.45, 2.75) is 39.3 Å². The Kier molecular flexibility index (Phi) is 3.65. The van der Waals surface area contributed by atoms with Gasteiger partial charge < -0.3 is 0 Å². The molecule has 2 aromatic rings. The van der Waals surface area contributed by atoms with Crippen LogP contribution in [0.25, 0.3) is 0 Å². The molecular weight excluding hydrogens is 234 g/mol. The minimum Gasteiger partial charge on any atom is -0.293 e. The van der Waals surface area contributed by atoms with Crippen LogP contribution in [0.5, 0.6) is 0 Å². The second-order valence-electron chi connectivity index (χ2n) is 5.40. The second kappa shape index (κ2) is 5.57. The Balaban J connectivity index is 1.72. The summed E-state index contributed by atoms with van der Waals surface area (Å²) in [7, 11) is 0. The third-order valence-electron chi connectivity index (χ3n) is 3.85. The molecule has 0 aliphatic carbocycles. The highest BCUT2D eigenvalue weighted by atomic mass is 15.2. The topological polar surface area (TPSA) is 31.9 Å². The van der Waals surface area contributed by atoms with Crippen molar-refractivity contribution in [2.75, 3.05) is 6.54 Å². The number of benzene rings is 1. The van der Waals surface area contributed by atoms with Crippen molar-refractivity contribution in [1.82, 2.24) is 15.1 Å². The number of hydrogen-bond acceptors (Lipinski definition) is 2. The predicted octanol–water partition coefficient (Wildman–Crippen LogP) is 2.92. The number of fused-ring (bicyclic) bond motifs is 1. The molecule has 1 aromatic heterocycles. The van der Waals surface area contributed by atoms with E-state index in [1.54, 1.807) is 0 Å². The first-order chi connectivity index (χ1) is 9.35. The van der Waals surface area contributed by atoms with Crippen molar-refractivity contribution < 1.29 is 0 Å².